The normalized spacial score (nSPS) is 14.7. The molecule has 1 saturated heterocycles. The maximum absolute atomic E-state index is 12.5. The number of amides is 1. The van der Waals surface area contributed by atoms with Crippen molar-refractivity contribution in [1.82, 2.24) is 4.90 Å². The molecule has 0 unspecified atom stereocenters. The number of carbonyl (C=O) groups is 1. The van der Waals surface area contributed by atoms with Crippen LogP contribution >= 0.6 is 34.5 Å². The molecule has 1 fully saturated rings. The third kappa shape index (κ3) is 2.96. The van der Waals surface area contributed by atoms with Gasteiger partial charge in [-0.25, -0.2) is 0 Å². The van der Waals surface area contributed by atoms with Gasteiger partial charge in [0, 0.05) is 18.0 Å². The summed E-state index contributed by atoms with van der Waals surface area (Å²) in [5.41, 5.74) is 2.02. The zero-order chi connectivity index (χ0) is 15.0. The first-order valence-corrected chi connectivity index (χ1v) is 8.48. The van der Waals surface area contributed by atoms with E-state index in [2.05, 4.69) is 0 Å². The Bertz CT molecular complexity index is 690. The van der Waals surface area contributed by atoms with Gasteiger partial charge in [0.1, 0.15) is 0 Å². The molecule has 2 nitrogen and oxygen atoms in total. The summed E-state index contributed by atoms with van der Waals surface area (Å²) in [6.07, 6.45) is 2.21. The number of hydrogen-bond donors (Lipinski definition) is 0. The van der Waals surface area contributed by atoms with E-state index in [1.807, 2.05) is 30.0 Å². The van der Waals surface area contributed by atoms with Crippen LogP contribution in [-0.2, 0) is 0 Å². The molecule has 0 bridgehead atoms. The highest BCUT2D eigenvalue weighted by molar-refractivity contribution is 7.17. The van der Waals surface area contributed by atoms with Crippen LogP contribution in [0.1, 0.15) is 28.1 Å². The number of nitrogens with zero attached hydrogens (tertiary/aromatic N) is 1. The third-order valence-corrected chi connectivity index (χ3v) is 5.72. The first-order valence-electron chi connectivity index (χ1n) is 6.91. The van der Waals surface area contributed by atoms with Crippen LogP contribution in [0, 0.1) is 6.92 Å². The van der Waals surface area contributed by atoms with Crippen LogP contribution in [0.3, 0.4) is 0 Å². The minimum atomic E-state index is 0.154. The SMILES string of the molecule is Cc1cc(-c2ccc(Cl)c(Cl)c2)sc1C(=O)N1CCCC1. The summed E-state index contributed by atoms with van der Waals surface area (Å²) in [5, 5.41) is 1.08. The molecule has 0 N–H and O–H groups in total. The van der Waals surface area contributed by atoms with Gasteiger partial charge in [-0.1, -0.05) is 29.3 Å². The van der Waals surface area contributed by atoms with Gasteiger partial charge in [0.15, 0.2) is 0 Å². The van der Waals surface area contributed by atoms with E-state index in [9.17, 15) is 4.79 Å². The Morgan fingerprint density at radius 1 is 1.14 bits per heavy atom. The van der Waals surface area contributed by atoms with Crippen molar-refractivity contribution in [2.24, 2.45) is 0 Å². The van der Waals surface area contributed by atoms with Gasteiger partial charge in [-0.15, -0.1) is 11.3 Å². The van der Waals surface area contributed by atoms with Gasteiger partial charge in [-0.2, -0.15) is 0 Å². The first-order chi connectivity index (χ1) is 10.1. The summed E-state index contributed by atoms with van der Waals surface area (Å²) in [6, 6.07) is 7.62. The van der Waals surface area contributed by atoms with Crippen molar-refractivity contribution in [2.45, 2.75) is 19.8 Å². The van der Waals surface area contributed by atoms with Crippen LogP contribution in [0.5, 0.6) is 0 Å². The molecule has 0 atom stereocenters. The molecule has 0 saturated carbocycles. The molecule has 0 aliphatic carbocycles. The molecule has 2 heterocycles. The molecule has 0 spiro atoms. The van der Waals surface area contributed by atoms with Gasteiger partial charge in [0.05, 0.1) is 14.9 Å². The van der Waals surface area contributed by atoms with Crippen LogP contribution in [-0.4, -0.2) is 23.9 Å². The Balaban J connectivity index is 1.93. The quantitative estimate of drug-likeness (QED) is 0.730. The molecular formula is C16H15Cl2NOS. The predicted molar refractivity (Wildman–Crippen MR) is 89.6 cm³/mol. The Labute approximate surface area is 138 Å². The van der Waals surface area contributed by atoms with Gasteiger partial charge in [0.2, 0.25) is 0 Å². The lowest BCUT2D eigenvalue weighted by Crippen LogP contribution is -2.27. The molecule has 110 valence electrons. The average molecular weight is 340 g/mol. The van der Waals surface area contributed by atoms with Crippen LogP contribution in [0.2, 0.25) is 10.0 Å². The fourth-order valence-corrected chi connectivity index (χ4v) is 3.98. The van der Waals surface area contributed by atoms with Gasteiger partial charge in [-0.05, 0) is 49.1 Å². The fraction of sp³-hybridized carbons (Fsp3) is 0.312. The van der Waals surface area contributed by atoms with Crippen molar-refractivity contribution in [1.29, 1.82) is 0 Å². The van der Waals surface area contributed by atoms with E-state index in [-0.39, 0.29) is 5.91 Å². The van der Waals surface area contributed by atoms with Crippen molar-refractivity contribution in [3.8, 4) is 10.4 Å². The van der Waals surface area contributed by atoms with Crippen molar-refractivity contribution < 1.29 is 4.79 Å². The smallest absolute Gasteiger partial charge is 0.264 e. The van der Waals surface area contributed by atoms with Crippen LogP contribution < -0.4 is 0 Å². The van der Waals surface area contributed by atoms with Gasteiger partial charge in [-0.3, -0.25) is 4.79 Å². The molecule has 5 heteroatoms. The second-order valence-electron chi connectivity index (χ2n) is 5.25. The molecule has 1 aromatic carbocycles. The topological polar surface area (TPSA) is 20.3 Å². The fourth-order valence-electron chi connectivity index (χ4n) is 2.55. The molecule has 2 aromatic rings. The minimum Gasteiger partial charge on any atom is -0.338 e. The highest BCUT2D eigenvalue weighted by Gasteiger charge is 2.23. The number of rotatable bonds is 2. The lowest BCUT2D eigenvalue weighted by atomic mass is 10.1. The molecule has 1 aliphatic rings. The molecule has 0 radical (unpaired) electrons. The van der Waals surface area contributed by atoms with E-state index < -0.39 is 0 Å². The van der Waals surface area contributed by atoms with Crippen molar-refractivity contribution >= 4 is 40.4 Å². The standard InChI is InChI=1S/C16H15Cl2NOS/c1-10-8-14(11-4-5-12(17)13(18)9-11)21-15(10)16(20)19-6-2-3-7-19/h4-5,8-9H,2-3,6-7H2,1H3. The average Bonchev–Trinajstić information content (AvgIpc) is 3.10. The Morgan fingerprint density at radius 3 is 2.52 bits per heavy atom. The summed E-state index contributed by atoms with van der Waals surface area (Å²) in [6.45, 7) is 3.73. The van der Waals surface area contributed by atoms with Crippen LogP contribution in [0.25, 0.3) is 10.4 Å². The number of aryl methyl sites for hydroxylation is 1. The van der Waals surface area contributed by atoms with E-state index in [1.54, 1.807) is 6.07 Å². The van der Waals surface area contributed by atoms with Crippen LogP contribution in [0.15, 0.2) is 24.3 Å². The van der Waals surface area contributed by atoms with E-state index in [0.29, 0.717) is 10.0 Å². The summed E-state index contributed by atoms with van der Waals surface area (Å²) >= 11 is 13.6. The van der Waals surface area contributed by atoms with Crippen molar-refractivity contribution in [2.75, 3.05) is 13.1 Å². The zero-order valence-corrected chi connectivity index (χ0v) is 14.0. The van der Waals surface area contributed by atoms with E-state index in [1.165, 1.54) is 11.3 Å². The van der Waals surface area contributed by atoms with E-state index in [4.69, 9.17) is 23.2 Å². The molecule has 1 amide bonds. The predicted octanol–water partition coefficient (Wildman–Crippen LogP) is 5.27. The lowest BCUT2D eigenvalue weighted by Gasteiger charge is -2.14. The second kappa shape index (κ2) is 5.99. The molecule has 1 aromatic heterocycles. The maximum atomic E-state index is 12.5. The first kappa shape index (κ1) is 14.9. The number of thiophene rings is 1. The Morgan fingerprint density at radius 2 is 1.86 bits per heavy atom. The zero-order valence-electron chi connectivity index (χ0n) is 11.7. The summed E-state index contributed by atoms with van der Waals surface area (Å²) in [5.74, 6) is 0.154. The summed E-state index contributed by atoms with van der Waals surface area (Å²) in [7, 11) is 0. The number of benzene rings is 1. The highest BCUT2D eigenvalue weighted by Crippen LogP contribution is 2.35. The summed E-state index contributed by atoms with van der Waals surface area (Å²) in [4.78, 5) is 16.3. The van der Waals surface area contributed by atoms with Crippen molar-refractivity contribution in [3.63, 3.8) is 0 Å². The summed E-state index contributed by atoms with van der Waals surface area (Å²) < 4.78 is 0. The van der Waals surface area contributed by atoms with Crippen molar-refractivity contribution in [3.05, 3.63) is 44.8 Å². The number of hydrogen-bond acceptors (Lipinski definition) is 2. The third-order valence-electron chi connectivity index (χ3n) is 3.71. The highest BCUT2D eigenvalue weighted by atomic mass is 35.5. The second-order valence-corrected chi connectivity index (χ2v) is 7.12. The molecule has 3 rings (SSSR count). The van der Waals surface area contributed by atoms with Gasteiger partial charge < -0.3 is 4.90 Å². The Hall–Kier alpha value is -1.03. The minimum absolute atomic E-state index is 0.154. The number of carbonyl (C=O) groups excluding carboxylic acids is 1. The van der Waals surface area contributed by atoms with Gasteiger partial charge in [0.25, 0.3) is 5.91 Å². The largest absolute Gasteiger partial charge is 0.338 e. The Kier molecular flexibility index (Phi) is 4.25. The number of likely N-dealkylation sites (tertiary alicyclic amines) is 1. The molecule has 21 heavy (non-hydrogen) atoms. The van der Waals surface area contributed by atoms with E-state index in [0.717, 1.165) is 46.8 Å². The molecule has 1 aliphatic heterocycles. The van der Waals surface area contributed by atoms with Gasteiger partial charge >= 0.3 is 0 Å². The molecular weight excluding hydrogens is 325 g/mol. The van der Waals surface area contributed by atoms with E-state index >= 15 is 0 Å². The maximum Gasteiger partial charge on any atom is 0.264 e. The van der Waals surface area contributed by atoms with Crippen LogP contribution in [0.4, 0.5) is 0 Å². The number of halogens is 2. The monoisotopic (exact) mass is 339 g/mol. The lowest BCUT2D eigenvalue weighted by molar-refractivity contribution is 0.0797.